The third-order valence-corrected chi connectivity index (χ3v) is 6.31. The van der Waals surface area contributed by atoms with Crippen LogP contribution in [0.15, 0.2) is 48.5 Å². The Bertz CT molecular complexity index is 825. The average Bonchev–Trinajstić information content (AvgIpc) is 2.74. The molecule has 2 aliphatic rings. The van der Waals surface area contributed by atoms with E-state index in [1.165, 1.54) is 24.8 Å². The van der Waals surface area contributed by atoms with E-state index in [-0.39, 0.29) is 11.9 Å². The highest BCUT2D eigenvalue weighted by molar-refractivity contribution is 5.95. The summed E-state index contributed by atoms with van der Waals surface area (Å²) in [5, 5.41) is 3.27. The normalized spacial score (nSPS) is 24.0. The summed E-state index contributed by atoms with van der Waals surface area (Å²) in [5.74, 6) is 1.17. The second kappa shape index (κ2) is 8.87. The van der Waals surface area contributed by atoms with Crippen LogP contribution in [0.3, 0.4) is 0 Å². The molecule has 0 radical (unpaired) electrons. The number of rotatable bonds is 6. The van der Waals surface area contributed by atoms with E-state index in [4.69, 9.17) is 9.47 Å². The Hall–Kier alpha value is -2.53. The molecule has 1 N–H and O–H groups in total. The largest absolute Gasteiger partial charge is 0.493 e. The van der Waals surface area contributed by atoms with Gasteiger partial charge in [-0.3, -0.25) is 9.69 Å². The molecular formula is C24H30N2O3. The standard InChI is InChI=1S/C24H30N2O3/c1-28-22-12-11-18(13-23(22)29-2)24(27)25-19-14-20-9-6-10-21(15-19)26(20)16-17-7-4-3-5-8-17/h3-5,7-8,11-13,19-21H,6,9-10,14-16H2,1-2H3,(H,25,27)/t19?,20-,21+. The Morgan fingerprint density at radius 2 is 1.69 bits per heavy atom. The summed E-state index contributed by atoms with van der Waals surface area (Å²) in [4.78, 5) is 15.5. The summed E-state index contributed by atoms with van der Waals surface area (Å²) in [6, 6.07) is 17.3. The number of piperidine rings is 2. The lowest BCUT2D eigenvalue weighted by molar-refractivity contribution is 0.0177. The minimum atomic E-state index is -0.0365. The molecule has 2 aromatic carbocycles. The number of hydrogen-bond acceptors (Lipinski definition) is 4. The van der Waals surface area contributed by atoms with Gasteiger partial charge in [-0.15, -0.1) is 0 Å². The number of hydrogen-bond donors (Lipinski definition) is 1. The van der Waals surface area contributed by atoms with E-state index >= 15 is 0 Å². The Kier molecular flexibility index (Phi) is 6.05. The maximum atomic E-state index is 12.9. The van der Waals surface area contributed by atoms with E-state index in [1.54, 1.807) is 32.4 Å². The lowest BCUT2D eigenvalue weighted by Gasteiger charge is -2.49. The molecule has 0 spiro atoms. The van der Waals surface area contributed by atoms with Crippen molar-refractivity contribution >= 4 is 5.91 Å². The van der Waals surface area contributed by atoms with Crippen LogP contribution in [0.25, 0.3) is 0 Å². The Morgan fingerprint density at radius 1 is 1.00 bits per heavy atom. The van der Waals surface area contributed by atoms with Crippen molar-refractivity contribution < 1.29 is 14.3 Å². The molecule has 1 unspecified atom stereocenters. The van der Waals surface area contributed by atoms with Crippen LogP contribution in [-0.2, 0) is 6.54 Å². The number of amides is 1. The van der Waals surface area contributed by atoms with Crippen LogP contribution in [0.5, 0.6) is 11.5 Å². The third-order valence-electron chi connectivity index (χ3n) is 6.31. The molecule has 0 aromatic heterocycles. The topological polar surface area (TPSA) is 50.8 Å². The first-order chi connectivity index (χ1) is 14.2. The van der Waals surface area contributed by atoms with Crippen molar-refractivity contribution in [3.8, 4) is 11.5 Å². The van der Waals surface area contributed by atoms with Gasteiger partial charge in [0.1, 0.15) is 0 Å². The highest BCUT2D eigenvalue weighted by Gasteiger charge is 2.38. The predicted octanol–water partition coefficient (Wildman–Crippen LogP) is 4.02. The van der Waals surface area contributed by atoms with Crippen LogP contribution in [0.4, 0.5) is 0 Å². The van der Waals surface area contributed by atoms with Gasteiger partial charge >= 0.3 is 0 Å². The Morgan fingerprint density at radius 3 is 2.34 bits per heavy atom. The smallest absolute Gasteiger partial charge is 0.251 e. The van der Waals surface area contributed by atoms with Crippen molar-refractivity contribution in [1.29, 1.82) is 0 Å². The van der Waals surface area contributed by atoms with Crippen molar-refractivity contribution in [1.82, 2.24) is 10.2 Å². The first-order valence-corrected chi connectivity index (χ1v) is 10.5. The van der Waals surface area contributed by atoms with E-state index in [2.05, 4.69) is 40.5 Å². The van der Waals surface area contributed by atoms with Gasteiger partial charge in [-0.05, 0) is 49.4 Å². The van der Waals surface area contributed by atoms with Crippen molar-refractivity contribution in [2.45, 2.75) is 56.8 Å². The van der Waals surface area contributed by atoms with E-state index in [0.717, 1.165) is 19.4 Å². The molecule has 2 aromatic rings. The Balaban J connectivity index is 1.42. The van der Waals surface area contributed by atoms with Crippen LogP contribution in [0.1, 0.15) is 48.0 Å². The molecule has 4 rings (SSSR count). The number of fused-ring (bicyclic) bond motifs is 2. The van der Waals surface area contributed by atoms with Crippen LogP contribution in [-0.4, -0.2) is 43.2 Å². The van der Waals surface area contributed by atoms with Gasteiger partial charge in [-0.1, -0.05) is 36.8 Å². The third kappa shape index (κ3) is 4.40. The zero-order valence-corrected chi connectivity index (χ0v) is 17.3. The van der Waals surface area contributed by atoms with E-state index < -0.39 is 0 Å². The molecule has 5 heteroatoms. The molecule has 154 valence electrons. The lowest BCUT2D eigenvalue weighted by atomic mass is 9.81. The minimum Gasteiger partial charge on any atom is -0.493 e. The Labute approximate surface area is 173 Å². The fourth-order valence-electron chi connectivity index (χ4n) is 4.89. The number of ether oxygens (including phenoxy) is 2. The van der Waals surface area contributed by atoms with Crippen molar-refractivity contribution in [3.05, 3.63) is 59.7 Å². The SMILES string of the molecule is COc1ccc(C(=O)NC2C[C@H]3CCC[C@@H](C2)N3Cc2ccccc2)cc1OC. The molecular weight excluding hydrogens is 364 g/mol. The van der Waals surface area contributed by atoms with Crippen molar-refractivity contribution in [2.75, 3.05) is 14.2 Å². The van der Waals surface area contributed by atoms with Crippen LogP contribution in [0, 0.1) is 0 Å². The maximum Gasteiger partial charge on any atom is 0.251 e. The fourth-order valence-corrected chi connectivity index (χ4v) is 4.89. The van der Waals surface area contributed by atoms with Crippen LogP contribution < -0.4 is 14.8 Å². The number of methoxy groups -OCH3 is 2. The van der Waals surface area contributed by atoms with E-state index in [0.29, 0.717) is 29.1 Å². The predicted molar refractivity (Wildman–Crippen MR) is 113 cm³/mol. The summed E-state index contributed by atoms with van der Waals surface area (Å²) in [5.41, 5.74) is 1.98. The number of nitrogens with zero attached hydrogens (tertiary/aromatic N) is 1. The van der Waals surface area contributed by atoms with E-state index in [9.17, 15) is 4.79 Å². The first kappa shape index (κ1) is 19.8. The molecule has 0 aliphatic carbocycles. The molecule has 2 saturated heterocycles. The number of carbonyl (C=O) groups excluding carboxylic acids is 1. The molecule has 3 atom stereocenters. The number of carbonyl (C=O) groups is 1. The number of nitrogens with one attached hydrogen (secondary N) is 1. The fraction of sp³-hybridized carbons (Fsp3) is 0.458. The highest BCUT2D eigenvalue weighted by Crippen LogP contribution is 2.35. The molecule has 29 heavy (non-hydrogen) atoms. The quantitative estimate of drug-likeness (QED) is 0.804. The second-order valence-electron chi connectivity index (χ2n) is 8.11. The van der Waals surface area contributed by atoms with E-state index in [1.807, 2.05) is 0 Å². The molecule has 2 bridgehead atoms. The molecule has 2 fully saturated rings. The zero-order chi connectivity index (χ0) is 20.2. The molecule has 0 saturated carbocycles. The average molecular weight is 395 g/mol. The highest BCUT2D eigenvalue weighted by atomic mass is 16.5. The maximum absolute atomic E-state index is 12.9. The molecule has 2 aliphatic heterocycles. The molecule has 1 amide bonds. The van der Waals surface area contributed by atoms with Gasteiger partial charge in [-0.25, -0.2) is 0 Å². The van der Waals surface area contributed by atoms with Gasteiger partial charge in [0.2, 0.25) is 0 Å². The number of benzene rings is 2. The molecule has 2 heterocycles. The van der Waals surface area contributed by atoms with Gasteiger partial charge in [0.05, 0.1) is 14.2 Å². The van der Waals surface area contributed by atoms with Gasteiger partial charge in [0, 0.05) is 30.2 Å². The van der Waals surface area contributed by atoms with Crippen molar-refractivity contribution in [3.63, 3.8) is 0 Å². The van der Waals surface area contributed by atoms with Gasteiger partial charge < -0.3 is 14.8 Å². The van der Waals surface area contributed by atoms with Gasteiger partial charge in [0.15, 0.2) is 11.5 Å². The summed E-state index contributed by atoms with van der Waals surface area (Å²) >= 11 is 0. The second-order valence-corrected chi connectivity index (χ2v) is 8.11. The van der Waals surface area contributed by atoms with Gasteiger partial charge in [-0.2, -0.15) is 0 Å². The summed E-state index contributed by atoms with van der Waals surface area (Å²) in [6.45, 7) is 1.01. The lowest BCUT2D eigenvalue weighted by Crippen LogP contribution is -2.56. The minimum absolute atomic E-state index is 0.0365. The first-order valence-electron chi connectivity index (χ1n) is 10.5. The van der Waals surface area contributed by atoms with Crippen LogP contribution in [0.2, 0.25) is 0 Å². The zero-order valence-electron chi connectivity index (χ0n) is 17.3. The summed E-state index contributed by atoms with van der Waals surface area (Å²) < 4.78 is 10.6. The van der Waals surface area contributed by atoms with Gasteiger partial charge in [0.25, 0.3) is 5.91 Å². The van der Waals surface area contributed by atoms with Crippen LogP contribution >= 0.6 is 0 Å². The molecule has 5 nitrogen and oxygen atoms in total. The summed E-state index contributed by atoms with van der Waals surface area (Å²) in [6.07, 6.45) is 5.75. The summed E-state index contributed by atoms with van der Waals surface area (Å²) in [7, 11) is 3.18. The van der Waals surface area contributed by atoms with Crippen molar-refractivity contribution in [2.24, 2.45) is 0 Å². The monoisotopic (exact) mass is 394 g/mol.